The fourth-order valence-electron chi connectivity index (χ4n) is 3.60. The maximum atomic E-state index is 12.6. The zero-order valence-electron chi connectivity index (χ0n) is 14.0. The van der Waals surface area contributed by atoms with Crippen LogP contribution in [0.3, 0.4) is 0 Å². The van der Waals surface area contributed by atoms with Gasteiger partial charge in [-0.15, -0.1) is 0 Å². The van der Waals surface area contributed by atoms with Crippen LogP contribution in [0.15, 0.2) is 24.3 Å². The van der Waals surface area contributed by atoms with Crippen LogP contribution in [0.1, 0.15) is 30.9 Å². The van der Waals surface area contributed by atoms with E-state index in [1.165, 1.54) is 6.42 Å². The third-order valence-corrected chi connectivity index (χ3v) is 4.90. The van der Waals surface area contributed by atoms with Crippen molar-refractivity contribution < 1.29 is 9.53 Å². The van der Waals surface area contributed by atoms with Crippen molar-refractivity contribution in [1.29, 1.82) is 0 Å². The number of piperazine rings is 1. The summed E-state index contributed by atoms with van der Waals surface area (Å²) >= 11 is 0. The third-order valence-electron chi connectivity index (χ3n) is 4.90. The molecule has 1 atom stereocenters. The second-order valence-corrected chi connectivity index (χ2v) is 6.37. The molecule has 2 aliphatic heterocycles. The molecule has 1 aromatic carbocycles. The first-order valence-corrected chi connectivity index (χ1v) is 8.65. The lowest BCUT2D eigenvalue weighted by Crippen LogP contribution is -2.50. The molecule has 1 N–H and O–H groups in total. The first-order valence-electron chi connectivity index (χ1n) is 8.65. The zero-order valence-corrected chi connectivity index (χ0v) is 14.0. The van der Waals surface area contributed by atoms with Crippen LogP contribution in [-0.4, -0.2) is 62.1 Å². The summed E-state index contributed by atoms with van der Waals surface area (Å²) in [5.74, 6) is 1.17. The van der Waals surface area contributed by atoms with Gasteiger partial charge < -0.3 is 15.0 Å². The fraction of sp³-hybridized carbons (Fsp3) is 0.611. The topological polar surface area (TPSA) is 44.8 Å². The van der Waals surface area contributed by atoms with Gasteiger partial charge in [0.25, 0.3) is 0 Å². The van der Waals surface area contributed by atoms with Crippen molar-refractivity contribution in [2.75, 3.05) is 46.4 Å². The molecule has 0 aromatic heterocycles. The number of amides is 1. The number of carbonyl (C=O) groups is 1. The molecule has 0 bridgehead atoms. The van der Waals surface area contributed by atoms with Crippen molar-refractivity contribution in [3.8, 4) is 5.75 Å². The van der Waals surface area contributed by atoms with E-state index in [-0.39, 0.29) is 11.9 Å². The van der Waals surface area contributed by atoms with Gasteiger partial charge in [-0.1, -0.05) is 18.2 Å². The molecular formula is C18H27N3O2. The van der Waals surface area contributed by atoms with Crippen molar-refractivity contribution in [3.05, 3.63) is 29.8 Å². The minimum absolute atomic E-state index is 0.189. The number of hydrogen-bond acceptors (Lipinski definition) is 4. The SMILES string of the molecule is COc1ccccc1C1CNCCN1CC(=O)N1CCCCC1. The van der Waals surface area contributed by atoms with Crippen LogP contribution < -0.4 is 10.1 Å². The summed E-state index contributed by atoms with van der Waals surface area (Å²) in [5.41, 5.74) is 1.16. The summed E-state index contributed by atoms with van der Waals surface area (Å²) in [5, 5.41) is 3.45. The summed E-state index contributed by atoms with van der Waals surface area (Å²) in [6.07, 6.45) is 3.54. The van der Waals surface area contributed by atoms with Crippen LogP contribution in [0.5, 0.6) is 5.75 Å². The fourth-order valence-corrected chi connectivity index (χ4v) is 3.60. The van der Waals surface area contributed by atoms with Crippen molar-refractivity contribution in [3.63, 3.8) is 0 Å². The number of nitrogens with one attached hydrogen (secondary N) is 1. The van der Waals surface area contributed by atoms with E-state index in [1.807, 2.05) is 23.1 Å². The molecule has 3 rings (SSSR count). The van der Waals surface area contributed by atoms with Crippen LogP contribution in [0.4, 0.5) is 0 Å². The minimum atomic E-state index is 0.189. The molecule has 23 heavy (non-hydrogen) atoms. The Morgan fingerprint density at radius 1 is 1.22 bits per heavy atom. The molecule has 2 aliphatic rings. The molecular weight excluding hydrogens is 290 g/mol. The maximum Gasteiger partial charge on any atom is 0.236 e. The van der Waals surface area contributed by atoms with E-state index in [2.05, 4.69) is 16.3 Å². The minimum Gasteiger partial charge on any atom is -0.496 e. The number of benzene rings is 1. The van der Waals surface area contributed by atoms with E-state index in [9.17, 15) is 4.79 Å². The standard InChI is InChI=1S/C18H27N3O2/c1-23-17-8-4-3-7-15(17)16-13-19-9-12-21(16)14-18(22)20-10-5-2-6-11-20/h3-4,7-8,16,19H,2,5-6,9-14H2,1H3. The molecule has 5 nitrogen and oxygen atoms in total. The van der Waals surface area contributed by atoms with Crippen molar-refractivity contribution in [1.82, 2.24) is 15.1 Å². The molecule has 1 unspecified atom stereocenters. The largest absolute Gasteiger partial charge is 0.496 e. The summed E-state index contributed by atoms with van der Waals surface area (Å²) in [6.45, 7) is 5.02. The highest BCUT2D eigenvalue weighted by molar-refractivity contribution is 5.78. The van der Waals surface area contributed by atoms with Crippen LogP contribution in [0, 0.1) is 0 Å². The van der Waals surface area contributed by atoms with Crippen LogP contribution in [0.25, 0.3) is 0 Å². The lowest BCUT2D eigenvalue weighted by atomic mass is 10.0. The Hall–Kier alpha value is -1.59. The molecule has 1 aromatic rings. The molecule has 2 heterocycles. The van der Waals surface area contributed by atoms with Gasteiger partial charge in [-0.25, -0.2) is 0 Å². The normalized spacial score (nSPS) is 22.8. The number of likely N-dealkylation sites (tertiary alicyclic amines) is 1. The van der Waals surface area contributed by atoms with Gasteiger partial charge in [-0.3, -0.25) is 9.69 Å². The van der Waals surface area contributed by atoms with Crippen LogP contribution in [-0.2, 0) is 4.79 Å². The number of nitrogens with zero attached hydrogens (tertiary/aromatic N) is 2. The predicted octanol–water partition coefficient (Wildman–Crippen LogP) is 1.65. The van der Waals surface area contributed by atoms with E-state index in [4.69, 9.17) is 4.74 Å². The van der Waals surface area contributed by atoms with Gasteiger partial charge >= 0.3 is 0 Å². The van der Waals surface area contributed by atoms with Gasteiger partial charge in [-0.05, 0) is 25.3 Å². The Kier molecular flexibility index (Phi) is 5.51. The molecule has 1 amide bonds. The molecule has 126 valence electrons. The summed E-state index contributed by atoms with van der Waals surface area (Å²) in [4.78, 5) is 17.0. The Balaban J connectivity index is 1.72. The van der Waals surface area contributed by atoms with Gasteiger partial charge in [0.05, 0.1) is 19.7 Å². The maximum absolute atomic E-state index is 12.6. The van der Waals surface area contributed by atoms with E-state index >= 15 is 0 Å². The lowest BCUT2D eigenvalue weighted by molar-refractivity contribution is -0.134. The Bertz CT molecular complexity index is 529. The van der Waals surface area contributed by atoms with E-state index in [1.54, 1.807) is 7.11 Å². The van der Waals surface area contributed by atoms with Gasteiger partial charge in [0.15, 0.2) is 0 Å². The molecule has 0 spiro atoms. The number of methoxy groups -OCH3 is 1. The number of para-hydroxylation sites is 1. The Morgan fingerprint density at radius 2 is 2.00 bits per heavy atom. The van der Waals surface area contributed by atoms with Crippen LogP contribution in [0.2, 0.25) is 0 Å². The smallest absolute Gasteiger partial charge is 0.236 e. The number of ether oxygens (including phenoxy) is 1. The van der Waals surface area contributed by atoms with Gasteiger partial charge in [0.1, 0.15) is 5.75 Å². The highest BCUT2D eigenvalue weighted by Gasteiger charge is 2.29. The van der Waals surface area contributed by atoms with Crippen molar-refractivity contribution in [2.24, 2.45) is 0 Å². The number of hydrogen-bond donors (Lipinski definition) is 1. The molecule has 0 aliphatic carbocycles. The average molecular weight is 317 g/mol. The third kappa shape index (κ3) is 3.85. The van der Waals surface area contributed by atoms with Gasteiger partial charge in [-0.2, -0.15) is 0 Å². The highest BCUT2D eigenvalue weighted by Crippen LogP contribution is 2.30. The number of piperidine rings is 1. The van der Waals surface area contributed by atoms with Gasteiger partial charge in [0.2, 0.25) is 5.91 Å². The number of carbonyl (C=O) groups excluding carboxylic acids is 1. The van der Waals surface area contributed by atoms with E-state index < -0.39 is 0 Å². The summed E-state index contributed by atoms with van der Waals surface area (Å²) < 4.78 is 5.52. The van der Waals surface area contributed by atoms with E-state index in [0.29, 0.717) is 6.54 Å². The second kappa shape index (κ2) is 7.79. The van der Waals surface area contributed by atoms with Crippen LogP contribution >= 0.6 is 0 Å². The molecule has 0 radical (unpaired) electrons. The monoisotopic (exact) mass is 317 g/mol. The number of rotatable bonds is 4. The first-order chi connectivity index (χ1) is 11.3. The molecule has 5 heteroatoms. The van der Waals surface area contributed by atoms with Crippen molar-refractivity contribution >= 4 is 5.91 Å². The quantitative estimate of drug-likeness (QED) is 0.917. The highest BCUT2D eigenvalue weighted by atomic mass is 16.5. The van der Waals surface area contributed by atoms with E-state index in [0.717, 1.165) is 56.9 Å². The lowest BCUT2D eigenvalue weighted by Gasteiger charge is -2.38. The van der Waals surface area contributed by atoms with Crippen molar-refractivity contribution in [2.45, 2.75) is 25.3 Å². The first kappa shape index (κ1) is 16.3. The molecule has 2 fully saturated rings. The Labute approximate surface area is 138 Å². The summed E-state index contributed by atoms with van der Waals surface area (Å²) in [7, 11) is 1.71. The zero-order chi connectivity index (χ0) is 16.1. The average Bonchev–Trinajstić information content (AvgIpc) is 2.63. The molecule has 0 saturated carbocycles. The Morgan fingerprint density at radius 3 is 2.78 bits per heavy atom. The van der Waals surface area contributed by atoms with Gasteiger partial charge in [0, 0.05) is 38.3 Å². The molecule has 2 saturated heterocycles. The predicted molar refractivity (Wildman–Crippen MR) is 90.6 cm³/mol. The second-order valence-electron chi connectivity index (χ2n) is 6.37. The summed E-state index contributed by atoms with van der Waals surface area (Å²) in [6, 6.07) is 8.32.